The molecule has 28 heavy (non-hydrogen) atoms. The molecule has 0 saturated carbocycles. The van der Waals surface area contributed by atoms with Gasteiger partial charge < -0.3 is 9.47 Å². The van der Waals surface area contributed by atoms with E-state index in [0.717, 1.165) is 16.9 Å². The molecule has 0 aromatic heterocycles. The molecule has 0 bridgehead atoms. The van der Waals surface area contributed by atoms with Crippen molar-refractivity contribution < 1.29 is 17.9 Å². The van der Waals surface area contributed by atoms with Gasteiger partial charge in [-0.3, -0.25) is 0 Å². The third-order valence-electron chi connectivity index (χ3n) is 4.15. The molecule has 0 heterocycles. The first kappa shape index (κ1) is 19.9. The molecule has 0 atom stereocenters. The summed E-state index contributed by atoms with van der Waals surface area (Å²) >= 11 is 0. The monoisotopic (exact) mass is 397 g/mol. The van der Waals surface area contributed by atoms with Gasteiger partial charge in [-0.1, -0.05) is 42.5 Å². The van der Waals surface area contributed by atoms with Crippen LogP contribution in [0.2, 0.25) is 0 Å². The van der Waals surface area contributed by atoms with Crippen molar-refractivity contribution in [1.82, 2.24) is 4.31 Å². The first-order valence-corrected chi connectivity index (χ1v) is 10.3. The van der Waals surface area contributed by atoms with Crippen molar-refractivity contribution in [3.63, 3.8) is 0 Å². The van der Waals surface area contributed by atoms with Crippen LogP contribution in [-0.2, 0) is 23.2 Å². The van der Waals surface area contributed by atoms with Gasteiger partial charge in [-0.25, -0.2) is 12.7 Å². The van der Waals surface area contributed by atoms with Crippen molar-refractivity contribution in [3.05, 3.63) is 90.0 Å². The molecule has 0 aliphatic rings. The number of sulfonamides is 1. The Balaban J connectivity index is 1.58. The minimum absolute atomic E-state index is 0.253. The van der Waals surface area contributed by atoms with Crippen LogP contribution in [-0.4, -0.2) is 26.8 Å². The summed E-state index contributed by atoms with van der Waals surface area (Å²) in [6.45, 7) is 0.787. The Hall–Kier alpha value is -2.83. The zero-order chi connectivity index (χ0) is 20.0. The van der Waals surface area contributed by atoms with E-state index in [2.05, 4.69) is 0 Å². The molecule has 3 aromatic carbocycles. The molecular formula is C22H23NO4S. The molecular weight excluding hydrogens is 374 g/mol. The lowest BCUT2D eigenvalue weighted by atomic mass is 10.2. The van der Waals surface area contributed by atoms with E-state index >= 15 is 0 Å². The topological polar surface area (TPSA) is 55.8 Å². The first-order chi connectivity index (χ1) is 13.4. The number of benzene rings is 3. The summed E-state index contributed by atoms with van der Waals surface area (Å²) < 4.78 is 37.2. The molecule has 0 aliphatic carbocycles. The van der Waals surface area contributed by atoms with Crippen molar-refractivity contribution in [2.24, 2.45) is 0 Å². The van der Waals surface area contributed by atoms with E-state index in [1.54, 1.807) is 18.2 Å². The van der Waals surface area contributed by atoms with Crippen LogP contribution in [0.1, 0.15) is 11.1 Å². The van der Waals surface area contributed by atoms with Crippen molar-refractivity contribution in [2.75, 3.05) is 14.1 Å². The molecule has 6 heteroatoms. The number of ether oxygens (including phenoxy) is 2. The van der Waals surface area contributed by atoms with Crippen molar-refractivity contribution in [1.29, 1.82) is 0 Å². The van der Waals surface area contributed by atoms with Crippen LogP contribution >= 0.6 is 0 Å². The van der Waals surface area contributed by atoms with E-state index in [-0.39, 0.29) is 11.5 Å². The SMILES string of the molecule is CN(C)S(=O)(=O)c1cccc(COc2ccc(OCc3ccccc3)cc2)c1. The maximum Gasteiger partial charge on any atom is 0.242 e. The minimum Gasteiger partial charge on any atom is -0.489 e. The molecule has 146 valence electrons. The van der Waals surface area contributed by atoms with Crippen LogP contribution in [0, 0.1) is 0 Å². The van der Waals surface area contributed by atoms with E-state index in [1.807, 2.05) is 60.7 Å². The van der Waals surface area contributed by atoms with E-state index in [9.17, 15) is 8.42 Å². The Morgan fingerprint density at radius 1 is 0.714 bits per heavy atom. The highest BCUT2D eigenvalue weighted by molar-refractivity contribution is 7.89. The van der Waals surface area contributed by atoms with E-state index < -0.39 is 10.0 Å². The Morgan fingerprint density at radius 3 is 1.82 bits per heavy atom. The first-order valence-electron chi connectivity index (χ1n) is 8.86. The van der Waals surface area contributed by atoms with Gasteiger partial charge in [-0.05, 0) is 47.5 Å². The summed E-state index contributed by atoms with van der Waals surface area (Å²) in [5.74, 6) is 1.45. The Labute approximate surface area is 166 Å². The molecule has 0 fully saturated rings. The fourth-order valence-electron chi connectivity index (χ4n) is 2.55. The van der Waals surface area contributed by atoms with Crippen LogP contribution in [0.15, 0.2) is 83.8 Å². The lowest BCUT2D eigenvalue weighted by Gasteiger charge is -2.13. The maximum absolute atomic E-state index is 12.2. The minimum atomic E-state index is -3.46. The molecule has 3 rings (SSSR count). The summed E-state index contributed by atoms with van der Waals surface area (Å²) in [4.78, 5) is 0.253. The normalized spacial score (nSPS) is 11.4. The zero-order valence-corrected chi connectivity index (χ0v) is 16.7. The summed E-state index contributed by atoms with van der Waals surface area (Å²) in [5.41, 5.74) is 1.89. The number of hydrogen-bond donors (Lipinski definition) is 0. The van der Waals surface area contributed by atoms with Crippen molar-refractivity contribution in [3.8, 4) is 11.5 Å². The highest BCUT2D eigenvalue weighted by Crippen LogP contribution is 2.21. The van der Waals surface area contributed by atoms with Gasteiger partial charge in [0.25, 0.3) is 0 Å². The maximum atomic E-state index is 12.2. The van der Waals surface area contributed by atoms with E-state index in [4.69, 9.17) is 9.47 Å². The highest BCUT2D eigenvalue weighted by Gasteiger charge is 2.17. The van der Waals surface area contributed by atoms with Gasteiger partial charge in [0.05, 0.1) is 4.90 Å². The van der Waals surface area contributed by atoms with E-state index in [1.165, 1.54) is 18.4 Å². The molecule has 0 radical (unpaired) electrons. The van der Waals surface area contributed by atoms with Gasteiger partial charge in [0, 0.05) is 14.1 Å². The molecule has 5 nitrogen and oxygen atoms in total. The predicted molar refractivity (Wildman–Crippen MR) is 109 cm³/mol. The third-order valence-corrected chi connectivity index (χ3v) is 5.97. The summed E-state index contributed by atoms with van der Waals surface area (Å²) in [7, 11) is -0.428. The molecule has 0 N–H and O–H groups in total. The van der Waals surface area contributed by atoms with Crippen LogP contribution in [0.4, 0.5) is 0 Å². The Morgan fingerprint density at radius 2 is 1.25 bits per heavy atom. The summed E-state index contributed by atoms with van der Waals surface area (Å²) in [5, 5.41) is 0. The average Bonchev–Trinajstić information content (AvgIpc) is 2.72. The smallest absolute Gasteiger partial charge is 0.242 e. The predicted octanol–water partition coefficient (Wildman–Crippen LogP) is 4.09. The van der Waals surface area contributed by atoms with Crippen LogP contribution in [0.25, 0.3) is 0 Å². The zero-order valence-electron chi connectivity index (χ0n) is 15.9. The molecule has 0 aliphatic heterocycles. The second-order valence-corrected chi connectivity index (χ2v) is 8.62. The van der Waals surface area contributed by atoms with Gasteiger partial charge in [0.1, 0.15) is 24.7 Å². The third kappa shape index (κ3) is 5.12. The molecule has 0 amide bonds. The van der Waals surface area contributed by atoms with Crippen LogP contribution < -0.4 is 9.47 Å². The van der Waals surface area contributed by atoms with Gasteiger partial charge in [0.2, 0.25) is 10.0 Å². The second kappa shape index (κ2) is 8.91. The standard InChI is InChI=1S/C22H23NO4S/c1-23(2)28(24,25)22-10-6-9-19(15-22)17-27-21-13-11-20(12-14-21)26-16-18-7-4-3-5-8-18/h3-15H,16-17H2,1-2H3. The van der Waals surface area contributed by atoms with Gasteiger partial charge >= 0.3 is 0 Å². The number of nitrogens with zero attached hydrogens (tertiary/aromatic N) is 1. The molecule has 0 saturated heterocycles. The fourth-order valence-corrected chi connectivity index (χ4v) is 3.52. The lowest BCUT2D eigenvalue weighted by molar-refractivity contribution is 0.297. The summed E-state index contributed by atoms with van der Waals surface area (Å²) in [6, 6.07) is 24.1. The van der Waals surface area contributed by atoms with Crippen LogP contribution in [0.5, 0.6) is 11.5 Å². The molecule has 3 aromatic rings. The van der Waals surface area contributed by atoms with Crippen LogP contribution in [0.3, 0.4) is 0 Å². The average molecular weight is 397 g/mol. The summed E-state index contributed by atoms with van der Waals surface area (Å²) in [6.07, 6.45) is 0. The number of hydrogen-bond acceptors (Lipinski definition) is 4. The molecule has 0 spiro atoms. The van der Waals surface area contributed by atoms with Gasteiger partial charge in [-0.15, -0.1) is 0 Å². The molecule has 0 unspecified atom stereocenters. The quantitative estimate of drug-likeness (QED) is 0.574. The highest BCUT2D eigenvalue weighted by atomic mass is 32.2. The van der Waals surface area contributed by atoms with Crippen molar-refractivity contribution >= 4 is 10.0 Å². The van der Waals surface area contributed by atoms with E-state index in [0.29, 0.717) is 12.4 Å². The largest absolute Gasteiger partial charge is 0.489 e. The second-order valence-electron chi connectivity index (χ2n) is 6.47. The Kier molecular flexibility index (Phi) is 6.34. The van der Waals surface area contributed by atoms with Gasteiger partial charge in [0.15, 0.2) is 0 Å². The fraction of sp³-hybridized carbons (Fsp3) is 0.182. The van der Waals surface area contributed by atoms with Gasteiger partial charge in [-0.2, -0.15) is 0 Å². The van der Waals surface area contributed by atoms with Crippen molar-refractivity contribution in [2.45, 2.75) is 18.1 Å². The number of rotatable bonds is 8. The Bertz CT molecular complexity index is 1000. The lowest BCUT2D eigenvalue weighted by Crippen LogP contribution is -2.22.